The number of benzene rings is 1. The van der Waals surface area contributed by atoms with Gasteiger partial charge in [-0.2, -0.15) is 5.10 Å². The molecule has 0 unspecified atom stereocenters. The lowest BCUT2D eigenvalue weighted by Crippen LogP contribution is -2.06. The zero-order valence-electron chi connectivity index (χ0n) is 11.7. The van der Waals surface area contributed by atoms with Crippen LogP contribution in [0, 0.1) is 13.8 Å². The average Bonchev–Trinajstić information content (AvgIpc) is 3.15. The molecule has 1 heterocycles. The Morgan fingerprint density at radius 2 is 2.05 bits per heavy atom. The van der Waals surface area contributed by atoms with Crippen molar-refractivity contribution in [1.82, 2.24) is 9.78 Å². The van der Waals surface area contributed by atoms with Gasteiger partial charge in [-0.3, -0.25) is 0 Å². The van der Waals surface area contributed by atoms with Crippen LogP contribution in [0.1, 0.15) is 41.3 Å². The van der Waals surface area contributed by atoms with Crippen molar-refractivity contribution in [2.45, 2.75) is 39.0 Å². The number of hydrogen-bond acceptors (Lipinski definition) is 2. The third kappa shape index (κ3) is 2.43. The van der Waals surface area contributed by atoms with Gasteiger partial charge in [-0.05, 0) is 56.5 Å². The lowest BCUT2D eigenvalue weighted by atomic mass is 10.1. The Hall–Kier alpha value is -1.61. The van der Waals surface area contributed by atoms with Crippen molar-refractivity contribution in [3.05, 3.63) is 46.8 Å². The average molecular weight is 255 g/mol. The molecular weight excluding hydrogens is 234 g/mol. The fourth-order valence-electron chi connectivity index (χ4n) is 2.53. The first-order valence-corrected chi connectivity index (χ1v) is 7.05. The minimum atomic E-state index is 0.661. The van der Waals surface area contributed by atoms with Gasteiger partial charge in [0.15, 0.2) is 0 Å². The first-order valence-electron chi connectivity index (χ1n) is 7.05. The highest BCUT2D eigenvalue weighted by atomic mass is 15.3. The third-order valence-electron chi connectivity index (χ3n) is 3.78. The van der Waals surface area contributed by atoms with Crippen molar-refractivity contribution in [2.75, 3.05) is 6.54 Å². The molecule has 0 spiro atoms. The van der Waals surface area contributed by atoms with E-state index in [0.29, 0.717) is 12.5 Å². The summed E-state index contributed by atoms with van der Waals surface area (Å²) in [5.74, 6) is 0.693. The van der Waals surface area contributed by atoms with Gasteiger partial charge in [0.05, 0.1) is 11.4 Å². The molecule has 1 saturated carbocycles. The van der Waals surface area contributed by atoms with Gasteiger partial charge in [-0.25, -0.2) is 4.68 Å². The second kappa shape index (κ2) is 4.82. The molecule has 0 aliphatic heterocycles. The van der Waals surface area contributed by atoms with Crippen molar-refractivity contribution in [3.8, 4) is 5.69 Å². The van der Waals surface area contributed by atoms with Gasteiger partial charge in [0.25, 0.3) is 0 Å². The molecule has 1 aliphatic rings. The molecular formula is C16H21N3. The summed E-state index contributed by atoms with van der Waals surface area (Å²) in [6, 6.07) is 8.79. The van der Waals surface area contributed by atoms with E-state index in [0.717, 1.165) is 12.1 Å². The van der Waals surface area contributed by atoms with E-state index < -0.39 is 0 Å². The zero-order valence-corrected chi connectivity index (χ0v) is 11.7. The van der Waals surface area contributed by atoms with Crippen molar-refractivity contribution in [3.63, 3.8) is 0 Å². The summed E-state index contributed by atoms with van der Waals surface area (Å²) < 4.78 is 2.14. The van der Waals surface area contributed by atoms with Crippen molar-refractivity contribution in [2.24, 2.45) is 5.73 Å². The van der Waals surface area contributed by atoms with E-state index in [1.807, 2.05) is 0 Å². The normalized spacial score (nSPS) is 14.9. The smallest absolute Gasteiger partial charge is 0.0680 e. The minimum Gasteiger partial charge on any atom is -0.330 e. The molecule has 1 aliphatic carbocycles. The van der Waals surface area contributed by atoms with Gasteiger partial charge in [0.2, 0.25) is 0 Å². The minimum absolute atomic E-state index is 0.661. The number of aryl methyl sites for hydroxylation is 2. The van der Waals surface area contributed by atoms with Crippen LogP contribution >= 0.6 is 0 Å². The Labute approximate surface area is 114 Å². The van der Waals surface area contributed by atoms with E-state index in [1.54, 1.807) is 0 Å². The van der Waals surface area contributed by atoms with E-state index in [-0.39, 0.29) is 0 Å². The fourth-order valence-corrected chi connectivity index (χ4v) is 2.53. The summed E-state index contributed by atoms with van der Waals surface area (Å²) in [4.78, 5) is 0. The highest BCUT2D eigenvalue weighted by Crippen LogP contribution is 2.41. The van der Waals surface area contributed by atoms with Gasteiger partial charge < -0.3 is 5.73 Å². The standard InChI is InChI=1S/C16H21N3/c1-11-3-4-12(2)15(9-11)19-16(13-5-6-13)10-14(18-19)7-8-17/h3-4,9-10,13H,5-8,17H2,1-2H3. The van der Waals surface area contributed by atoms with Crippen LogP contribution in [0.4, 0.5) is 0 Å². The summed E-state index contributed by atoms with van der Waals surface area (Å²) in [5.41, 5.74) is 11.9. The Kier molecular flexibility index (Phi) is 3.15. The number of hydrogen-bond donors (Lipinski definition) is 1. The van der Waals surface area contributed by atoms with Crippen LogP contribution in [-0.4, -0.2) is 16.3 Å². The molecule has 0 amide bonds. The summed E-state index contributed by atoms with van der Waals surface area (Å²) >= 11 is 0. The van der Waals surface area contributed by atoms with E-state index in [2.05, 4.69) is 42.8 Å². The first kappa shape index (κ1) is 12.4. The van der Waals surface area contributed by atoms with Gasteiger partial charge in [0.1, 0.15) is 0 Å². The Morgan fingerprint density at radius 3 is 2.74 bits per heavy atom. The Balaban J connectivity index is 2.09. The molecule has 1 fully saturated rings. The van der Waals surface area contributed by atoms with E-state index >= 15 is 0 Å². The molecule has 2 N–H and O–H groups in total. The van der Waals surface area contributed by atoms with Gasteiger partial charge in [0, 0.05) is 18.0 Å². The quantitative estimate of drug-likeness (QED) is 0.913. The molecule has 1 aromatic heterocycles. The van der Waals surface area contributed by atoms with Crippen LogP contribution in [0.5, 0.6) is 0 Å². The lowest BCUT2D eigenvalue weighted by Gasteiger charge is -2.10. The van der Waals surface area contributed by atoms with Crippen LogP contribution in [0.3, 0.4) is 0 Å². The molecule has 0 radical (unpaired) electrons. The number of aromatic nitrogens is 2. The molecule has 3 rings (SSSR count). The van der Waals surface area contributed by atoms with Crippen molar-refractivity contribution in [1.29, 1.82) is 0 Å². The van der Waals surface area contributed by atoms with E-state index in [4.69, 9.17) is 10.8 Å². The van der Waals surface area contributed by atoms with Crippen molar-refractivity contribution < 1.29 is 0 Å². The number of rotatable bonds is 4. The molecule has 1 aromatic carbocycles. The molecule has 19 heavy (non-hydrogen) atoms. The highest BCUT2D eigenvalue weighted by Gasteiger charge is 2.28. The molecule has 3 heteroatoms. The molecule has 3 nitrogen and oxygen atoms in total. The largest absolute Gasteiger partial charge is 0.330 e. The first-order chi connectivity index (χ1) is 9.19. The molecule has 0 bridgehead atoms. The van der Waals surface area contributed by atoms with Crippen LogP contribution in [0.2, 0.25) is 0 Å². The summed E-state index contributed by atoms with van der Waals surface area (Å²) in [6.45, 7) is 4.94. The molecule has 0 atom stereocenters. The zero-order chi connectivity index (χ0) is 13.4. The summed E-state index contributed by atoms with van der Waals surface area (Å²) in [6.07, 6.45) is 3.44. The second-order valence-corrected chi connectivity index (χ2v) is 5.58. The Morgan fingerprint density at radius 1 is 1.26 bits per heavy atom. The predicted octanol–water partition coefficient (Wildman–Crippen LogP) is 2.87. The van der Waals surface area contributed by atoms with Crippen molar-refractivity contribution >= 4 is 0 Å². The van der Waals surface area contributed by atoms with Crippen LogP contribution in [0.25, 0.3) is 5.69 Å². The fraction of sp³-hybridized carbons (Fsp3) is 0.438. The number of nitrogens with zero attached hydrogens (tertiary/aromatic N) is 2. The molecule has 100 valence electrons. The second-order valence-electron chi connectivity index (χ2n) is 5.58. The Bertz CT molecular complexity index is 594. The van der Waals surface area contributed by atoms with Crippen LogP contribution < -0.4 is 5.73 Å². The molecule has 0 saturated heterocycles. The topological polar surface area (TPSA) is 43.8 Å². The highest BCUT2D eigenvalue weighted by molar-refractivity contribution is 5.44. The van der Waals surface area contributed by atoms with Gasteiger partial charge >= 0.3 is 0 Å². The SMILES string of the molecule is Cc1ccc(C)c(-n2nc(CCN)cc2C2CC2)c1. The summed E-state index contributed by atoms with van der Waals surface area (Å²) in [7, 11) is 0. The van der Waals surface area contributed by atoms with Gasteiger partial charge in [-0.15, -0.1) is 0 Å². The maximum atomic E-state index is 5.66. The maximum absolute atomic E-state index is 5.66. The lowest BCUT2D eigenvalue weighted by molar-refractivity contribution is 0.776. The predicted molar refractivity (Wildman–Crippen MR) is 77.8 cm³/mol. The molecule has 2 aromatic rings. The van der Waals surface area contributed by atoms with E-state index in [1.165, 1.54) is 35.3 Å². The maximum Gasteiger partial charge on any atom is 0.0680 e. The number of nitrogens with two attached hydrogens (primary N) is 1. The van der Waals surface area contributed by atoms with Gasteiger partial charge in [-0.1, -0.05) is 12.1 Å². The summed E-state index contributed by atoms with van der Waals surface area (Å²) in [5, 5.41) is 4.77. The third-order valence-corrected chi connectivity index (χ3v) is 3.78. The van der Waals surface area contributed by atoms with Crippen LogP contribution in [-0.2, 0) is 6.42 Å². The van der Waals surface area contributed by atoms with Crippen LogP contribution in [0.15, 0.2) is 24.3 Å². The van der Waals surface area contributed by atoms with E-state index in [9.17, 15) is 0 Å². The monoisotopic (exact) mass is 255 g/mol.